The van der Waals surface area contributed by atoms with Crippen LogP contribution in [-0.2, 0) is 14.8 Å². The largest absolute Gasteiger partial charge is 0.348 e. The van der Waals surface area contributed by atoms with Crippen molar-refractivity contribution in [1.82, 2.24) is 9.62 Å². The van der Waals surface area contributed by atoms with Crippen LogP contribution in [-0.4, -0.2) is 37.0 Å². The molecule has 0 aromatic heterocycles. The van der Waals surface area contributed by atoms with Crippen LogP contribution < -0.4 is 5.32 Å². The predicted molar refractivity (Wildman–Crippen MR) is 112 cm³/mol. The number of nitrogens with one attached hydrogen (secondary N) is 1. The number of rotatable bonds is 7. The average Bonchev–Trinajstić information content (AvgIpc) is 3.20. The zero-order valence-electron chi connectivity index (χ0n) is 16.5. The molecule has 2 atom stereocenters. The third-order valence-corrected chi connectivity index (χ3v) is 7.28. The standard InChI is InChI=1S/C22H28N2O3S/c1-3-16-28(26,27)24-15-7-10-21(24)22(25)23-17(2)18-11-13-20(14-12-18)19-8-5-4-6-9-19/h4-6,8-9,11-14,17,21H,3,7,10,15-16H2,1-2H3,(H,23,25)/t17-,21+/m0/s1. The Morgan fingerprint density at radius 3 is 2.39 bits per heavy atom. The van der Waals surface area contributed by atoms with Crippen LogP contribution in [0.5, 0.6) is 0 Å². The van der Waals surface area contributed by atoms with E-state index >= 15 is 0 Å². The fraction of sp³-hybridized carbons (Fsp3) is 0.409. The Bertz CT molecular complexity index is 895. The Morgan fingerprint density at radius 1 is 1.11 bits per heavy atom. The molecule has 1 fully saturated rings. The molecule has 1 aliphatic rings. The van der Waals surface area contributed by atoms with Crippen LogP contribution in [0, 0.1) is 0 Å². The van der Waals surface area contributed by atoms with Gasteiger partial charge >= 0.3 is 0 Å². The Labute approximate surface area is 167 Å². The van der Waals surface area contributed by atoms with Crippen LogP contribution in [0.3, 0.4) is 0 Å². The smallest absolute Gasteiger partial charge is 0.238 e. The number of nitrogens with zero attached hydrogens (tertiary/aromatic N) is 1. The molecule has 6 heteroatoms. The van der Waals surface area contributed by atoms with Gasteiger partial charge in [-0.3, -0.25) is 4.79 Å². The molecule has 1 heterocycles. The molecule has 1 saturated heterocycles. The molecule has 0 radical (unpaired) electrons. The number of benzene rings is 2. The summed E-state index contributed by atoms with van der Waals surface area (Å²) in [6, 6.07) is 17.4. The molecule has 0 spiro atoms. The summed E-state index contributed by atoms with van der Waals surface area (Å²) in [6.45, 7) is 4.19. The highest BCUT2D eigenvalue weighted by molar-refractivity contribution is 7.89. The van der Waals surface area contributed by atoms with E-state index in [0.717, 1.165) is 23.1 Å². The van der Waals surface area contributed by atoms with Gasteiger partial charge in [0.15, 0.2) is 0 Å². The molecule has 0 saturated carbocycles. The van der Waals surface area contributed by atoms with E-state index in [4.69, 9.17) is 0 Å². The van der Waals surface area contributed by atoms with Crippen molar-refractivity contribution in [3.05, 3.63) is 60.2 Å². The van der Waals surface area contributed by atoms with Crippen LogP contribution in [0.25, 0.3) is 11.1 Å². The van der Waals surface area contributed by atoms with Crippen molar-refractivity contribution >= 4 is 15.9 Å². The van der Waals surface area contributed by atoms with Crippen molar-refractivity contribution in [2.75, 3.05) is 12.3 Å². The highest BCUT2D eigenvalue weighted by Crippen LogP contribution is 2.24. The number of amides is 1. The maximum Gasteiger partial charge on any atom is 0.238 e. The molecule has 0 aliphatic carbocycles. The number of carbonyl (C=O) groups excluding carboxylic acids is 1. The maximum atomic E-state index is 12.8. The van der Waals surface area contributed by atoms with Crippen molar-refractivity contribution < 1.29 is 13.2 Å². The summed E-state index contributed by atoms with van der Waals surface area (Å²) in [5, 5.41) is 3.00. The van der Waals surface area contributed by atoms with Gasteiger partial charge in [0.1, 0.15) is 6.04 Å². The normalized spacial score (nSPS) is 18.7. The van der Waals surface area contributed by atoms with Gasteiger partial charge in [0.2, 0.25) is 15.9 Å². The van der Waals surface area contributed by atoms with E-state index in [-0.39, 0.29) is 17.7 Å². The Kier molecular flexibility index (Phi) is 6.52. The lowest BCUT2D eigenvalue weighted by Crippen LogP contribution is -2.47. The van der Waals surface area contributed by atoms with E-state index in [1.54, 1.807) is 0 Å². The third kappa shape index (κ3) is 4.62. The second-order valence-corrected chi connectivity index (χ2v) is 9.34. The van der Waals surface area contributed by atoms with Gasteiger partial charge in [-0.1, -0.05) is 61.5 Å². The zero-order chi connectivity index (χ0) is 20.1. The van der Waals surface area contributed by atoms with Gasteiger partial charge in [-0.15, -0.1) is 0 Å². The third-order valence-electron chi connectivity index (χ3n) is 5.20. The first kappa shape index (κ1) is 20.6. The van der Waals surface area contributed by atoms with E-state index in [9.17, 15) is 13.2 Å². The minimum absolute atomic E-state index is 0.0906. The van der Waals surface area contributed by atoms with Crippen LogP contribution >= 0.6 is 0 Å². The highest BCUT2D eigenvalue weighted by Gasteiger charge is 2.38. The molecule has 1 N–H and O–H groups in total. The summed E-state index contributed by atoms with van der Waals surface area (Å²) in [6.07, 6.45) is 1.85. The first-order valence-electron chi connectivity index (χ1n) is 9.87. The van der Waals surface area contributed by atoms with E-state index in [0.29, 0.717) is 19.4 Å². The molecule has 3 rings (SSSR count). The second-order valence-electron chi connectivity index (χ2n) is 7.30. The summed E-state index contributed by atoms with van der Waals surface area (Å²) < 4.78 is 26.2. The highest BCUT2D eigenvalue weighted by atomic mass is 32.2. The fourth-order valence-corrected chi connectivity index (χ4v) is 5.44. The Morgan fingerprint density at radius 2 is 1.75 bits per heavy atom. The molecule has 0 unspecified atom stereocenters. The fourth-order valence-electron chi connectivity index (χ4n) is 3.70. The minimum Gasteiger partial charge on any atom is -0.348 e. The van der Waals surface area contributed by atoms with Crippen LogP contribution in [0.15, 0.2) is 54.6 Å². The van der Waals surface area contributed by atoms with E-state index < -0.39 is 16.1 Å². The molecule has 28 heavy (non-hydrogen) atoms. The predicted octanol–water partition coefficient (Wildman–Crippen LogP) is 3.74. The Hall–Kier alpha value is -2.18. The number of carbonyl (C=O) groups is 1. The summed E-state index contributed by atoms with van der Waals surface area (Å²) in [5.74, 6) is -0.121. The lowest BCUT2D eigenvalue weighted by atomic mass is 10.0. The van der Waals surface area contributed by atoms with Crippen LogP contribution in [0.1, 0.15) is 44.7 Å². The number of hydrogen-bond donors (Lipinski definition) is 1. The van der Waals surface area contributed by atoms with E-state index in [2.05, 4.69) is 17.4 Å². The van der Waals surface area contributed by atoms with Crippen molar-refractivity contribution in [2.45, 2.75) is 45.2 Å². The summed E-state index contributed by atoms with van der Waals surface area (Å²) in [5.41, 5.74) is 3.26. The molecular formula is C22H28N2O3S. The molecule has 1 aliphatic heterocycles. The van der Waals surface area contributed by atoms with Crippen molar-refractivity contribution in [3.8, 4) is 11.1 Å². The quantitative estimate of drug-likeness (QED) is 0.770. The number of hydrogen-bond acceptors (Lipinski definition) is 3. The SMILES string of the molecule is CCCS(=O)(=O)N1CCC[C@@H]1C(=O)N[C@@H](C)c1ccc(-c2ccccc2)cc1. The van der Waals surface area contributed by atoms with Crippen molar-refractivity contribution in [2.24, 2.45) is 0 Å². The topological polar surface area (TPSA) is 66.5 Å². The van der Waals surface area contributed by atoms with Gasteiger partial charge in [0.25, 0.3) is 0 Å². The van der Waals surface area contributed by atoms with Gasteiger partial charge in [-0.2, -0.15) is 4.31 Å². The van der Waals surface area contributed by atoms with Crippen LogP contribution in [0.4, 0.5) is 0 Å². The molecule has 0 bridgehead atoms. The van der Waals surface area contributed by atoms with E-state index in [1.807, 2.05) is 56.3 Å². The van der Waals surface area contributed by atoms with Gasteiger partial charge in [0.05, 0.1) is 11.8 Å². The van der Waals surface area contributed by atoms with Crippen LogP contribution in [0.2, 0.25) is 0 Å². The van der Waals surface area contributed by atoms with Gasteiger partial charge in [-0.05, 0) is 42.9 Å². The van der Waals surface area contributed by atoms with Gasteiger partial charge < -0.3 is 5.32 Å². The molecule has 2 aromatic carbocycles. The summed E-state index contributed by atoms with van der Waals surface area (Å²) in [7, 11) is -3.37. The summed E-state index contributed by atoms with van der Waals surface area (Å²) in [4.78, 5) is 12.8. The Balaban J connectivity index is 1.67. The first-order valence-corrected chi connectivity index (χ1v) is 11.5. The summed E-state index contributed by atoms with van der Waals surface area (Å²) >= 11 is 0. The molecule has 1 amide bonds. The molecular weight excluding hydrogens is 372 g/mol. The maximum absolute atomic E-state index is 12.8. The molecule has 150 valence electrons. The van der Waals surface area contributed by atoms with Gasteiger partial charge in [-0.25, -0.2) is 8.42 Å². The lowest BCUT2D eigenvalue weighted by molar-refractivity contribution is -0.124. The lowest BCUT2D eigenvalue weighted by Gasteiger charge is -2.25. The van der Waals surface area contributed by atoms with Gasteiger partial charge in [0, 0.05) is 6.54 Å². The van der Waals surface area contributed by atoms with Crippen molar-refractivity contribution in [1.29, 1.82) is 0 Å². The number of sulfonamides is 1. The first-order chi connectivity index (χ1) is 13.4. The zero-order valence-corrected chi connectivity index (χ0v) is 17.3. The van der Waals surface area contributed by atoms with Crippen molar-refractivity contribution in [3.63, 3.8) is 0 Å². The minimum atomic E-state index is -3.37. The molecule has 5 nitrogen and oxygen atoms in total. The monoisotopic (exact) mass is 400 g/mol. The molecule has 2 aromatic rings. The second kappa shape index (κ2) is 8.88. The van der Waals surface area contributed by atoms with E-state index in [1.165, 1.54) is 4.31 Å². The average molecular weight is 401 g/mol.